The molecule has 0 bridgehead atoms. The fourth-order valence-corrected chi connectivity index (χ4v) is 1.83. The smallest absolute Gasteiger partial charge is 0.238 e. The van der Waals surface area contributed by atoms with Gasteiger partial charge in [-0.3, -0.25) is 14.7 Å². The van der Waals surface area contributed by atoms with Gasteiger partial charge in [0.2, 0.25) is 5.91 Å². The van der Waals surface area contributed by atoms with Gasteiger partial charge in [0.15, 0.2) is 5.17 Å². The third-order valence-electron chi connectivity index (χ3n) is 1.91. The molecule has 76 valence electrons. The van der Waals surface area contributed by atoms with Gasteiger partial charge in [-0.2, -0.15) is 0 Å². The molecular formula is C8H15ClN2OS. The molecule has 1 aliphatic heterocycles. The molecule has 1 amide bonds. The lowest BCUT2D eigenvalue weighted by Gasteiger charge is -2.10. The van der Waals surface area contributed by atoms with E-state index in [9.17, 15) is 4.79 Å². The van der Waals surface area contributed by atoms with Gasteiger partial charge in [-0.25, -0.2) is 0 Å². The lowest BCUT2D eigenvalue weighted by atomic mass is 10.3. The Labute approximate surface area is 89.4 Å². The number of hydrogen-bond donors (Lipinski definition) is 0. The molecule has 1 fully saturated rings. The molecule has 0 saturated carbocycles. The highest BCUT2D eigenvalue weighted by molar-refractivity contribution is 8.15. The van der Waals surface area contributed by atoms with Crippen LogP contribution in [-0.4, -0.2) is 34.8 Å². The average Bonchev–Trinajstić information content (AvgIpc) is 2.36. The van der Waals surface area contributed by atoms with E-state index in [2.05, 4.69) is 18.8 Å². The standard InChI is InChI=1S/C8H14N2OS.ClH/c1-4-6(2)9-8-10(3)7(11)5-12-8;/h6H,4-5H2,1-3H3;1H. The van der Waals surface area contributed by atoms with Crippen LogP contribution in [0.15, 0.2) is 4.99 Å². The van der Waals surface area contributed by atoms with Crippen LogP contribution in [0.4, 0.5) is 0 Å². The van der Waals surface area contributed by atoms with Crippen molar-refractivity contribution in [3.05, 3.63) is 0 Å². The molecule has 1 heterocycles. The maximum absolute atomic E-state index is 11.1. The fraction of sp³-hybridized carbons (Fsp3) is 0.750. The summed E-state index contributed by atoms with van der Waals surface area (Å²) < 4.78 is 0. The first-order valence-corrected chi connectivity index (χ1v) is 5.11. The van der Waals surface area contributed by atoms with Crippen molar-refractivity contribution in [2.24, 2.45) is 4.99 Å². The van der Waals surface area contributed by atoms with Gasteiger partial charge >= 0.3 is 0 Å². The Hall–Kier alpha value is -0.220. The van der Waals surface area contributed by atoms with E-state index < -0.39 is 0 Å². The van der Waals surface area contributed by atoms with Crippen molar-refractivity contribution in [3.63, 3.8) is 0 Å². The number of aliphatic imine (C=N–C) groups is 1. The molecule has 1 atom stereocenters. The summed E-state index contributed by atoms with van der Waals surface area (Å²) in [7, 11) is 1.78. The molecule has 5 heteroatoms. The number of amidine groups is 1. The topological polar surface area (TPSA) is 32.7 Å². The van der Waals surface area contributed by atoms with Crippen LogP contribution in [0.1, 0.15) is 20.3 Å². The van der Waals surface area contributed by atoms with E-state index >= 15 is 0 Å². The fourth-order valence-electron chi connectivity index (χ4n) is 0.830. The van der Waals surface area contributed by atoms with Crippen LogP contribution in [-0.2, 0) is 4.79 Å². The predicted octanol–water partition coefficient (Wildman–Crippen LogP) is 1.77. The van der Waals surface area contributed by atoms with Crippen molar-refractivity contribution in [2.45, 2.75) is 26.3 Å². The second-order valence-corrected chi connectivity index (χ2v) is 3.85. The number of amides is 1. The number of carbonyl (C=O) groups is 1. The second-order valence-electron chi connectivity index (χ2n) is 2.91. The molecule has 1 aliphatic rings. The summed E-state index contributed by atoms with van der Waals surface area (Å²) in [4.78, 5) is 17.1. The predicted molar refractivity (Wildman–Crippen MR) is 59.7 cm³/mol. The van der Waals surface area contributed by atoms with E-state index in [-0.39, 0.29) is 18.3 Å². The van der Waals surface area contributed by atoms with Crippen LogP contribution in [0, 0.1) is 0 Å². The largest absolute Gasteiger partial charge is 0.294 e. The Morgan fingerprint density at radius 3 is 2.69 bits per heavy atom. The molecule has 0 aromatic rings. The second kappa shape index (κ2) is 5.50. The Morgan fingerprint density at radius 2 is 2.31 bits per heavy atom. The Bertz CT molecular complexity index is 220. The van der Waals surface area contributed by atoms with Gasteiger partial charge in [0.1, 0.15) is 0 Å². The Balaban J connectivity index is 0.00000144. The summed E-state index contributed by atoms with van der Waals surface area (Å²) in [5, 5.41) is 0.870. The van der Waals surface area contributed by atoms with Crippen molar-refractivity contribution in [1.82, 2.24) is 4.90 Å². The van der Waals surface area contributed by atoms with Gasteiger partial charge in [-0.05, 0) is 13.3 Å². The van der Waals surface area contributed by atoms with Crippen LogP contribution in [0.5, 0.6) is 0 Å². The zero-order valence-corrected chi connectivity index (χ0v) is 9.74. The van der Waals surface area contributed by atoms with E-state index in [1.807, 2.05) is 0 Å². The summed E-state index contributed by atoms with van der Waals surface area (Å²) in [6.07, 6.45) is 1.02. The summed E-state index contributed by atoms with van der Waals surface area (Å²) in [6.45, 7) is 4.15. The lowest BCUT2D eigenvalue weighted by Crippen LogP contribution is -2.25. The van der Waals surface area contributed by atoms with Gasteiger partial charge in [-0.1, -0.05) is 18.7 Å². The van der Waals surface area contributed by atoms with Gasteiger partial charge in [0.05, 0.1) is 5.75 Å². The van der Waals surface area contributed by atoms with E-state index in [4.69, 9.17) is 0 Å². The first kappa shape index (κ1) is 12.8. The molecule has 0 aromatic heterocycles. The molecular weight excluding hydrogens is 208 g/mol. The zero-order chi connectivity index (χ0) is 9.14. The number of thioether (sulfide) groups is 1. The number of halogens is 1. The molecule has 0 N–H and O–H groups in total. The van der Waals surface area contributed by atoms with Crippen LogP contribution in [0.3, 0.4) is 0 Å². The number of rotatable bonds is 2. The molecule has 1 unspecified atom stereocenters. The molecule has 0 radical (unpaired) electrons. The quantitative estimate of drug-likeness (QED) is 0.714. The molecule has 1 rings (SSSR count). The molecule has 0 aliphatic carbocycles. The summed E-state index contributed by atoms with van der Waals surface area (Å²) in [6, 6.07) is 0.320. The van der Waals surface area contributed by atoms with Gasteiger partial charge in [0.25, 0.3) is 0 Å². The van der Waals surface area contributed by atoms with Crippen molar-refractivity contribution in [1.29, 1.82) is 0 Å². The average molecular weight is 223 g/mol. The van der Waals surface area contributed by atoms with Crippen LogP contribution < -0.4 is 0 Å². The maximum Gasteiger partial charge on any atom is 0.238 e. The van der Waals surface area contributed by atoms with Gasteiger partial charge in [0, 0.05) is 13.1 Å². The lowest BCUT2D eigenvalue weighted by molar-refractivity contribution is -0.123. The van der Waals surface area contributed by atoms with Gasteiger partial charge < -0.3 is 0 Å². The van der Waals surface area contributed by atoms with Gasteiger partial charge in [-0.15, -0.1) is 12.4 Å². The van der Waals surface area contributed by atoms with Crippen molar-refractivity contribution >= 4 is 35.2 Å². The van der Waals surface area contributed by atoms with Crippen LogP contribution in [0.2, 0.25) is 0 Å². The van der Waals surface area contributed by atoms with Crippen molar-refractivity contribution in [2.75, 3.05) is 12.8 Å². The van der Waals surface area contributed by atoms with E-state index in [1.54, 1.807) is 11.9 Å². The molecule has 0 aromatic carbocycles. The molecule has 13 heavy (non-hydrogen) atoms. The highest BCUT2D eigenvalue weighted by Crippen LogP contribution is 2.18. The van der Waals surface area contributed by atoms with Crippen molar-refractivity contribution < 1.29 is 4.79 Å². The minimum atomic E-state index is 0. The third-order valence-corrected chi connectivity index (χ3v) is 2.94. The summed E-state index contributed by atoms with van der Waals surface area (Å²) in [5.41, 5.74) is 0. The highest BCUT2D eigenvalue weighted by atomic mass is 35.5. The minimum Gasteiger partial charge on any atom is -0.294 e. The Morgan fingerprint density at radius 1 is 1.69 bits per heavy atom. The third kappa shape index (κ3) is 3.19. The number of hydrogen-bond acceptors (Lipinski definition) is 3. The van der Waals surface area contributed by atoms with E-state index in [0.717, 1.165) is 11.6 Å². The molecule has 3 nitrogen and oxygen atoms in total. The van der Waals surface area contributed by atoms with E-state index in [1.165, 1.54) is 11.8 Å². The zero-order valence-electron chi connectivity index (χ0n) is 8.11. The maximum atomic E-state index is 11.1. The SMILES string of the molecule is CCC(C)N=C1SCC(=O)N1C.Cl. The monoisotopic (exact) mass is 222 g/mol. The molecule has 1 saturated heterocycles. The summed E-state index contributed by atoms with van der Waals surface area (Å²) in [5.74, 6) is 0.702. The Kier molecular flexibility index (Phi) is 5.40. The normalized spacial score (nSPS) is 21.9. The number of nitrogens with zero attached hydrogens (tertiary/aromatic N) is 2. The van der Waals surface area contributed by atoms with Crippen molar-refractivity contribution in [3.8, 4) is 0 Å². The number of carbonyl (C=O) groups excluding carboxylic acids is 1. The minimum absolute atomic E-state index is 0. The first-order chi connectivity index (χ1) is 5.65. The van der Waals surface area contributed by atoms with Crippen LogP contribution >= 0.6 is 24.2 Å². The molecule has 0 spiro atoms. The summed E-state index contributed by atoms with van der Waals surface area (Å²) >= 11 is 1.53. The van der Waals surface area contributed by atoms with E-state index in [0.29, 0.717) is 11.8 Å². The van der Waals surface area contributed by atoms with Crippen LogP contribution in [0.25, 0.3) is 0 Å². The highest BCUT2D eigenvalue weighted by Gasteiger charge is 2.24. The first-order valence-electron chi connectivity index (χ1n) is 4.12.